The lowest BCUT2D eigenvalue weighted by Crippen LogP contribution is -2.31. The Hall–Kier alpha value is -1.33. The molecule has 0 saturated heterocycles. The number of carbonyl (C=O) groups excluding carboxylic acids is 1. The van der Waals surface area contributed by atoms with Crippen molar-refractivity contribution in [3.63, 3.8) is 0 Å². The zero-order valence-corrected chi connectivity index (χ0v) is 13.8. The average Bonchev–Trinajstić information content (AvgIpc) is 2.37. The number of halogens is 1. The van der Waals surface area contributed by atoms with Gasteiger partial charge in [-0.3, -0.25) is 4.79 Å². The van der Waals surface area contributed by atoms with E-state index >= 15 is 0 Å². The van der Waals surface area contributed by atoms with Gasteiger partial charge in [0.1, 0.15) is 5.15 Å². The number of carbonyl (C=O) groups is 1. The van der Waals surface area contributed by atoms with Crippen LogP contribution < -0.4 is 10.6 Å². The standard InChI is InChI=1S/C15H24ClN3O2/c1-5-10(2)19-12-8-13(16)18-9-11(12)14(20)17-7-6-15(3,4)21/h8-10,21H,5-7H2,1-4H3,(H,17,20)(H,18,19)/t10-/m1/s1. The third-order valence-corrected chi connectivity index (χ3v) is 3.36. The Bertz CT molecular complexity index is 486. The lowest BCUT2D eigenvalue weighted by molar-refractivity contribution is 0.0693. The number of nitrogens with zero attached hydrogens (tertiary/aromatic N) is 1. The first-order valence-electron chi connectivity index (χ1n) is 7.15. The van der Waals surface area contributed by atoms with E-state index in [-0.39, 0.29) is 11.9 Å². The molecule has 0 fully saturated rings. The third kappa shape index (κ3) is 6.31. The van der Waals surface area contributed by atoms with Crippen molar-refractivity contribution >= 4 is 23.2 Å². The highest BCUT2D eigenvalue weighted by Crippen LogP contribution is 2.20. The Balaban J connectivity index is 2.78. The van der Waals surface area contributed by atoms with E-state index in [0.717, 1.165) is 6.42 Å². The van der Waals surface area contributed by atoms with Crippen molar-refractivity contribution in [1.29, 1.82) is 0 Å². The summed E-state index contributed by atoms with van der Waals surface area (Å²) in [5, 5.41) is 16.0. The van der Waals surface area contributed by atoms with Gasteiger partial charge in [-0.1, -0.05) is 18.5 Å². The summed E-state index contributed by atoms with van der Waals surface area (Å²) >= 11 is 5.90. The van der Waals surface area contributed by atoms with E-state index in [1.807, 2.05) is 6.92 Å². The van der Waals surface area contributed by atoms with Gasteiger partial charge in [0.05, 0.1) is 16.9 Å². The second-order valence-corrected chi connectivity index (χ2v) is 6.21. The summed E-state index contributed by atoms with van der Waals surface area (Å²) in [4.78, 5) is 16.2. The van der Waals surface area contributed by atoms with E-state index in [0.29, 0.717) is 29.4 Å². The number of anilines is 1. The number of amides is 1. The van der Waals surface area contributed by atoms with Crippen LogP contribution in [0.3, 0.4) is 0 Å². The van der Waals surface area contributed by atoms with Crippen LogP contribution >= 0.6 is 11.6 Å². The van der Waals surface area contributed by atoms with Crippen molar-refractivity contribution in [2.45, 2.75) is 52.2 Å². The van der Waals surface area contributed by atoms with Gasteiger partial charge in [-0.25, -0.2) is 4.98 Å². The molecular weight excluding hydrogens is 290 g/mol. The van der Waals surface area contributed by atoms with Gasteiger partial charge in [0.2, 0.25) is 0 Å². The Labute approximate surface area is 131 Å². The van der Waals surface area contributed by atoms with Gasteiger partial charge in [-0.05, 0) is 39.7 Å². The maximum absolute atomic E-state index is 12.2. The molecule has 0 aliphatic heterocycles. The second kappa shape index (κ2) is 7.61. The first-order chi connectivity index (χ1) is 9.73. The summed E-state index contributed by atoms with van der Waals surface area (Å²) in [6, 6.07) is 1.88. The topological polar surface area (TPSA) is 74.2 Å². The Kier molecular flexibility index (Phi) is 6.42. The Morgan fingerprint density at radius 2 is 2.19 bits per heavy atom. The minimum atomic E-state index is -0.802. The number of hydrogen-bond donors (Lipinski definition) is 3. The first kappa shape index (κ1) is 17.7. The predicted molar refractivity (Wildman–Crippen MR) is 85.9 cm³/mol. The molecule has 1 aromatic heterocycles. The van der Waals surface area contributed by atoms with E-state index < -0.39 is 5.60 Å². The number of pyridine rings is 1. The van der Waals surface area contributed by atoms with Crippen molar-refractivity contribution in [3.8, 4) is 0 Å². The average molecular weight is 314 g/mol. The van der Waals surface area contributed by atoms with E-state index in [1.54, 1.807) is 19.9 Å². The molecular formula is C15H24ClN3O2. The zero-order valence-electron chi connectivity index (χ0n) is 13.0. The summed E-state index contributed by atoms with van der Waals surface area (Å²) in [5.74, 6) is -0.228. The minimum Gasteiger partial charge on any atom is -0.390 e. The van der Waals surface area contributed by atoms with Crippen LogP contribution in [0, 0.1) is 0 Å². The lowest BCUT2D eigenvalue weighted by Gasteiger charge is -2.18. The summed E-state index contributed by atoms with van der Waals surface area (Å²) in [5.41, 5.74) is 0.323. The maximum Gasteiger partial charge on any atom is 0.254 e. The minimum absolute atomic E-state index is 0.228. The van der Waals surface area contributed by atoms with Crippen molar-refractivity contribution < 1.29 is 9.90 Å². The lowest BCUT2D eigenvalue weighted by atomic mass is 10.1. The number of aliphatic hydroxyl groups is 1. The fourth-order valence-electron chi connectivity index (χ4n) is 1.67. The van der Waals surface area contributed by atoms with Crippen LogP contribution in [0.5, 0.6) is 0 Å². The molecule has 21 heavy (non-hydrogen) atoms. The maximum atomic E-state index is 12.2. The van der Waals surface area contributed by atoms with Crippen molar-refractivity contribution in [3.05, 3.63) is 23.0 Å². The van der Waals surface area contributed by atoms with Crippen molar-refractivity contribution in [1.82, 2.24) is 10.3 Å². The number of aromatic nitrogens is 1. The van der Waals surface area contributed by atoms with Crippen LogP contribution in [0.25, 0.3) is 0 Å². The van der Waals surface area contributed by atoms with E-state index in [4.69, 9.17) is 11.6 Å². The predicted octanol–water partition coefficient (Wildman–Crippen LogP) is 2.84. The fourth-order valence-corrected chi connectivity index (χ4v) is 1.83. The molecule has 0 saturated carbocycles. The van der Waals surface area contributed by atoms with E-state index in [9.17, 15) is 9.90 Å². The van der Waals surface area contributed by atoms with Gasteiger partial charge >= 0.3 is 0 Å². The summed E-state index contributed by atoms with van der Waals surface area (Å²) in [7, 11) is 0. The second-order valence-electron chi connectivity index (χ2n) is 5.82. The number of nitrogens with one attached hydrogen (secondary N) is 2. The number of rotatable bonds is 7. The zero-order chi connectivity index (χ0) is 16.0. The molecule has 6 heteroatoms. The first-order valence-corrected chi connectivity index (χ1v) is 7.53. The van der Waals surface area contributed by atoms with Gasteiger partial charge in [-0.15, -0.1) is 0 Å². The van der Waals surface area contributed by atoms with Gasteiger partial charge in [-0.2, -0.15) is 0 Å². The van der Waals surface area contributed by atoms with Crippen molar-refractivity contribution in [2.24, 2.45) is 0 Å². The number of hydrogen-bond acceptors (Lipinski definition) is 4. The molecule has 0 spiro atoms. The summed E-state index contributed by atoms with van der Waals surface area (Å²) < 4.78 is 0. The quantitative estimate of drug-likeness (QED) is 0.677. The van der Waals surface area contributed by atoms with Crippen LogP contribution in [0.4, 0.5) is 5.69 Å². The van der Waals surface area contributed by atoms with Gasteiger partial charge in [0.15, 0.2) is 0 Å². The smallest absolute Gasteiger partial charge is 0.254 e. The molecule has 0 bridgehead atoms. The molecule has 0 radical (unpaired) electrons. The molecule has 1 amide bonds. The molecule has 5 nitrogen and oxygen atoms in total. The Morgan fingerprint density at radius 3 is 2.76 bits per heavy atom. The normalized spacial score (nSPS) is 12.9. The highest BCUT2D eigenvalue weighted by molar-refractivity contribution is 6.29. The van der Waals surface area contributed by atoms with Crippen LogP contribution in [0.2, 0.25) is 5.15 Å². The molecule has 0 aliphatic rings. The third-order valence-electron chi connectivity index (χ3n) is 3.15. The molecule has 0 aliphatic carbocycles. The molecule has 118 valence electrons. The van der Waals surface area contributed by atoms with Crippen molar-refractivity contribution in [2.75, 3.05) is 11.9 Å². The molecule has 1 atom stereocenters. The monoisotopic (exact) mass is 313 g/mol. The molecule has 3 N–H and O–H groups in total. The van der Waals surface area contributed by atoms with Crippen LogP contribution in [-0.4, -0.2) is 34.2 Å². The van der Waals surface area contributed by atoms with E-state index in [1.165, 1.54) is 6.20 Å². The van der Waals surface area contributed by atoms with Gasteiger partial charge in [0.25, 0.3) is 5.91 Å². The van der Waals surface area contributed by atoms with Crippen LogP contribution in [0.15, 0.2) is 12.3 Å². The Morgan fingerprint density at radius 1 is 1.52 bits per heavy atom. The highest BCUT2D eigenvalue weighted by atomic mass is 35.5. The molecule has 0 aromatic carbocycles. The SMILES string of the molecule is CC[C@@H](C)Nc1cc(Cl)ncc1C(=O)NCCC(C)(C)O. The molecule has 1 aromatic rings. The van der Waals surface area contributed by atoms with Crippen LogP contribution in [0.1, 0.15) is 50.9 Å². The molecule has 1 heterocycles. The molecule has 1 rings (SSSR count). The largest absolute Gasteiger partial charge is 0.390 e. The van der Waals surface area contributed by atoms with Gasteiger partial charge < -0.3 is 15.7 Å². The summed E-state index contributed by atoms with van der Waals surface area (Å²) in [6.45, 7) is 7.90. The highest BCUT2D eigenvalue weighted by Gasteiger charge is 2.16. The van der Waals surface area contributed by atoms with Gasteiger partial charge in [0, 0.05) is 18.8 Å². The van der Waals surface area contributed by atoms with E-state index in [2.05, 4.69) is 22.5 Å². The van der Waals surface area contributed by atoms with Crippen LogP contribution in [-0.2, 0) is 0 Å². The molecule has 0 unspecified atom stereocenters. The fraction of sp³-hybridized carbons (Fsp3) is 0.600. The summed E-state index contributed by atoms with van der Waals surface area (Å²) in [6.07, 6.45) is 2.88.